The van der Waals surface area contributed by atoms with Crippen LogP contribution in [0, 0.1) is 5.92 Å². The number of aromatic nitrogens is 2. The molecule has 1 aliphatic heterocycles. The van der Waals surface area contributed by atoms with Crippen LogP contribution in [0.25, 0.3) is 0 Å². The van der Waals surface area contributed by atoms with Crippen molar-refractivity contribution in [3.05, 3.63) is 60.2 Å². The fourth-order valence-corrected chi connectivity index (χ4v) is 7.17. The summed E-state index contributed by atoms with van der Waals surface area (Å²) in [6.45, 7) is 6.75. The Morgan fingerprint density at radius 1 is 1.06 bits per heavy atom. The molecule has 2 heterocycles. The minimum Gasteiger partial charge on any atom is -0.410 e. The van der Waals surface area contributed by atoms with Gasteiger partial charge < -0.3 is 44.8 Å². The van der Waals surface area contributed by atoms with E-state index >= 15 is 0 Å². The van der Waals surface area contributed by atoms with E-state index in [1.54, 1.807) is 0 Å². The van der Waals surface area contributed by atoms with E-state index < -0.39 is 52.2 Å². The SMILES string of the molecule is CC(C)C[C@@H](NC(=O)[C@@H](Cc1ccccc1)NC(=O)c1cnccn1)B1OCCCN(CCSC(=O)NC(P(O)O)[PH](=O)O)CCCO1. The zero-order chi connectivity index (χ0) is 34.9. The summed E-state index contributed by atoms with van der Waals surface area (Å²) < 4.78 is 23.6. The maximum Gasteiger partial charge on any atom is 0.480 e. The Hall–Kier alpha value is -2.46. The van der Waals surface area contributed by atoms with Gasteiger partial charge in [0.1, 0.15) is 11.7 Å². The smallest absolute Gasteiger partial charge is 0.410 e. The first-order chi connectivity index (χ1) is 23.0. The summed E-state index contributed by atoms with van der Waals surface area (Å²) in [4.78, 5) is 76.7. The highest BCUT2D eigenvalue weighted by atomic mass is 32.2. The molecule has 3 amide bonds. The van der Waals surface area contributed by atoms with Crippen molar-refractivity contribution < 1.29 is 42.9 Å². The summed E-state index contributed by atoms with van der Waals surface area (Å²) in [7, 11) is -6.80. The average molecular weight is 727 g/mol. The molecule has 19 heteroatoms. The van der Waals surface area contributed by atoms with Gasteiger partial charge in [0, 0.05) is 57.4 Å². The number of carbonyl (C=O) groups excluding carboxylic acids is 3. The summed E-state index contributed by atoms with van der Waals surface area (Å²) >= 11 is 0.902. The van der Waals surface area contributed by atoms with E-state index in [0.29, 0.717) is 57.9 Å². The highest BCUT2D eigenvalue weighted by Crippen LogP contribution is 2.42. The van der Waals surface area contributed by atoms with Crippen LogP contribution in [0.5, 0.6) is 0 Å². The largest absolute Gasteiger partial charge is 0.480 e. The number of nitrogens with zero attached hydrogens (tertiary/aromatic N) is 3. The second-order valence-electron chi connectivity index (χ2n) is 11.6. The van der Waals surface area contributed by atoms with Crippen LogP contribution in [0.4, 0.5) is 4.79 Å². The molecule has 48 heavy (non-hydrogen) atoms. The first-order valence-electron chi connectivity index (χ1n) is 15.7. The Balaban J connectivity index is 1.58. The molecule has 3 rings (SSSR count). The molecule has 0 spiro atoms. The van der Waals surface area contributed by atoms with Crippen LogP contribution < -0.4 is 16.0 Å². The molecule has 1 saturated heterocycles. The lowest BCUT2D eigenvalue weighted by atomic mass is 9.73. The second-order valence-corrected chi connectivity index (χ2v) is 15.5. The maximum atomic E-state index is 13.8. The van der Waals surface area contributed by atoms with Gasteiger partial charge in [0.05, 0.1) is 12.1 Å². The topological polar surface area (TPSA) is 213 Å². The van der Waals surface area contributed by atoms with E-state index in [4.69, 9.17) is 9.31 Å². The molecule has 1 aromatic carbocycles. The number of nitrogens with one attached hydrogen (secondary N) is 3. The van der Waals surface area contributed by atoms with Gasteiger partial charge in [0.25, 0.3) is 11.1 Å². The van der Waals surface area contributed by atoms with Crippen molar-refractivity contribution in [3.63, 3.8) is 0 Å². The van der Waals surface area contributed by atoms with Crippen molar-refractivity contribution in [3.8, 4) is 0 Å². The van der Waals surface area contributed by atoms with Crippen molar-refractivity contribution >= 4 is 52.3 Å². The van der Waals surface area contributed by atoms with Gasteiger partial charge in [-0.3, -0.25) is 23.9 Å². The summed E-state index contributed by atoms with van der Waals surface area (Å²) in [6.07, 6.45) is 6.40. The van der Waals surface area contributed by atoms with Gasteiger partial charge in [-0.05, 0) is 30.7 Å². The molecule has 2 unspecified atom stereocenters. The van der Waals surface area contributed by atoms with Gasteiger partial charge in [0.15, 0.2) is 13.9 Å². The Morgan fingerprint density at radius 3 is 2.33 bits per heavy atom. The number of amides is 3. The predicted molar refractivity (Wildman–Crippen MR) is 186 cm³/mol. The van der Waals surface area contributed by atoms with Crippen molar-refractivity contribution in [1.82, 2.24) is 30.8 Å². The predicted octanol–water partition coefficient (Wildman–Crippen LogP) is 1.99. The van der Waals surface area contributed by atoms with Gasteiger partial charge in [-0.15, -0.1) is 0 Å². The average Bonchev–Trinajstić information content (AvgIpc) is 3.06. The Bertz CT molecular complexity index is 1300. The van der Waals surface area contributed by atoms with Crippen molar-refractivity contribution in [2.45, 2.75) is 57.0 Å². The van der Waals surface area contributed by atoms with Gasteiger partial charge in [0.2, 0.25) is 13.9 Å². The monoisotopic (exact) mass is 726 g/mol. The molecule has 1 aromatic heterocycles. The van der Waals surface area contributed by atoms with Gasteiger partial charge in [-0.2, -0.15) is 0 Å². The third kappa shape index (κ3) is 14.6. The molecule has 15 nitrogen and oxygen atoms in total. The van der Waals surface area contributed by atoms with Crippen LogP contribution in [-0.2, 0) is 25.1 Å². The fraction of sp³-hybridized carbons (Fsp3) is 0.552. The van der Waals surface area contributed by atoms with E-state index in [2.05, 4.69) is 30.8 Å². The fourth-order valence-electron chi connectivity index (χ4n) is 4.97. The lowest BCUT2D eigenvalue weighted by Crippen LogP contribution is -2.56. The van der Waals surface area contributed by atoms with E-state index in [1.807, 2.05) is 44.2 Å². The lowest BCUT2D eigenvalue weighted by molar-refractivity contribution is -0.123. The Labute approximate surface area is 287 Å². The van der Waals surface area contributed by atoms with Crippen LogP contribution in [0.2, 0.25) is 0 Å². The summed E-state index contributed by atoms with van der Waals surface area (Å²) in [5.41, 5.74) is -0.570. The number of benzene rings is 1. The first-order valence-corrected chi connectivity index (χ1v) is 19.5. The Kier molecular flexibility index (Phi) is 18.0. The maximum absolute atomic E-state index is 13.8. The van der Waals surface area contributed by atoms with Crippen LogP contribution in [-0.4, -0.2) is 110 Å². The number of carbonyl (C=O) groups is 3. The van der Waals surface area contributed by atoms with Crippen LogP contribution in [0.15, 0.2) is 48.9 Å². The summed E-state index contributed by atoms with van der Waals surface area (Å²) in [6, 6.07) is 8.53. The van der Waals surface area contributed by atoms with Crippen LogP contribution in [0.3, 0.4) is 0 Å². The third-order valence-corrected chi connectivity index (χ3v) is 10.6. The van der Waals surface area contributed by atoms with Gasteiger partial charge >= 0.3 is 7.12 Å². The number of hydrogen-bond acceptors (Lipinski definition) is 12. The zero-order valence-electron chi connectivity index (χ0n) is 27.1. The van der Waals surface area contributed by atoms with Crippen molar-refractivity contribution in [1.29, 1.82) is 0 Å². The van der Waals surface area contributed by atoms with E-state index in [9.17, 15) is 33.6 Å². The molecule has 0 radical (unpaired) electrons. The third-order valence-electron chi connectivity index (χ3n) is 7.24. The zero-order valence-corrected chi connectivity index (χ0v) is 29.8. The molecule has 264 valence electrons. The highest BCUT2D eigenvalue weighted by Gasteiger charge is 2.35. The summed E-state index contributed by atoms with van der Waals surface area (Å²) in [5.74, 6) is -0.756. The quantitative estimate of drug-likeness (QED) is 0.115. The van der Waals surface area contributed by atoms with Gasteiger partial charge in [-0.1, -0.05) is 55.9 Å². The molecular formula is C29H45BN6O9P2S. The standard InChI is InChI=1S/C29H45BN6O9P2S/c1-21(2)18-25(34-26(37)23(19-22-8-4-3-5-9-22)33-27(38)24-20-31-10-11-32-24)30-44-15-6-12-36(13-7-16-45-30)14-17-48-28(39)35-29(46(40)41)47(42)43/h3-5,8-11,20-21,23,25,29,40-41,47H,6-7,12-19H2,1-2H3,(H,33,38)(H,34,37)(H,35,39)(H,42,43)/t23-,25-,29?/m1/s1. The first kappa shape index (κ1) is 40.0. The van der Waals surface area contributed by atoms with E-state index in [-0.39, 0.29) is 23.9 Å². The molecule has 4 atom stereocenters. The number of hydrogen-bond donors (Lipinski definition) is 6. The normalized spacial score (nSPS) is 17.3. The van der Waals surface area contributed by atoms with Crippen molar-refractivity contribution in [2.24, 2.45) is 5.92 Å². The minimum atomic E-state index is -3.33. The van der Waals surface area contributed by atoms with E-state index in [1.165, 1.54) is 18.6 Å². The molecule has 0 saturated carbocycles. The molecule has 1 fully saturated rings. The van der Waals surface area contributed by atoms with E-state index in [0.717, 1.165) is 17.3 Å². The molecule has 6 N–H and O–H groups in total. The molecular weight excluding hydrogens is 681 g/mol. The number of rotatable bonds is 15. The molecule has 0 aliphatic carbocycles. The molecule has 1 aliphatic rings. The minimum absolute atomic E-state index is 0.105. The Morgan fingerprint density at radius 2 is 1.75 bits per heavy atom. The summed E-state index contributed by atoms with van der Waals surface area (Å²) in [5, 5.41) is 7.51. The van der Waals surface area contributed by atoms with Crippen LogP contribution >= 0.6 is 28.2 Å². The van der Waals surface area contributed by atoms with Gasteiger partial charge in [-0.25, -0.2) is 4.98 Å². The lowest BCUT2D eigenvalue weighted by Gasteiger charge is -2.30. The molecule has 0 bridgehead atoms. The second kappa shape index (κ2) is 21.6. The van der Waals surface area contributed by atoms with Crippen LogP contribution in [0.1, 0.15) is 49.2 Å². The van der Waals surface area contributed by atoms with Crippen molar-refractivity contribution in [2.75, 3.05) is 38.6 Å². The molecule has 2 aromatic rings. The highest BCUT2D eigenvalue weighted by molar-refractivity contribution is 8.13. The number of thioether (sulfide) groups is 1.